The van der Waals surface area contributed by atoms with Gasteiger partial charge in [-0.2, -0.15) is 0 Å². The van der Waals surface area contributed by atoms with Gasteiger partial charge >= 0.3 is 0 Å². The van der Waals surface area contributed by atoms with E-state index in [9.17, 15) is 0 Å². The van der Waals surface area contributed by atoms with E-state index >= 15 is 0 Å². The number of hydrogen-bond acceptors (Lipinski definition) is 2. The van der Waals surface area contributed by atoms with Crippen molar-refractivity contribution in [1.29, 1.82) is 0 Å². The maximum atomic E-state index is 7.00. The molecule has 0 bridgehead atoms. The Bertz CT molecular complexity index is 3410. The standard InChI is InChI=1S/C59H39NO/c1-4-16-40(17-5-1)42-30-34-47(35-31-42)60(48-24-14-21-44(38-48)41-18-6-2-7-19-41)54-28-15-29-55-57(54)52-37-33-46(39-56(52)61-55)59(45-22-8-3-9-23-45)53-27-13-12-26-50(53)51-36-32-43-20-10-11-25-49(43)58(51)59/h1-39H. The van der Waals surface area contributed by atoms with E-state index in [1.165, 1.54) is 60.8 Å². The first-order valence-electron chi connectivity index (χ1n) is 21.0. The van der Waals surface area contributed by atoms with E-state index in [4.69, 9.17) is 4.42 Å². The molecule has 0 amide bonds. The van der Waals surface area contributed by atoms with Crippen LogP contribution in [0.3, 0.4) is 0 Å². The molecule has 0 fully saturated rings. The van der Waals surface area contributed by atoms with Crippen LogP contribution < -0.4 is 4.90 Å². The fourth-order valence-electron chi connectivity index (χ4n) is 10.1. The maximum absolute atomic E-state index is 7.00. The van der Waals surface area contributed by atoms with Crippen molar-refractivity contribution in [2.75, 3.05) is 4.90 Å². The first kappa shape index (κ1) is 35.0. The zero-order chi connectivity index (χ0) is 40.3. The topological polar surface area (TPSA) is 16.4 Å². The summed E-state index contributed by atoms with van der Waals surface area (Å²) in [5.41, 5.74) is 16.6. The number of nitrogens with zero attached hydrogens (tertiary/aromatic N) is 1. The molecule has 0 aliphatic heterocycles. The lowest BCUT2D eigenvalue weighted by Gasteiger charge is -2.34. The third-order valence-electron chi connectivity index (χ3n) is 12.7. The van der Waals surface area contributed by atoms with Crippen LogP contribution in [0.4, 0.5) is 17.1 Å². The molecule has 1 aromatic heterocycles. The lowest BCUT2D eigenvalue weighted by atomic mass is 9.66. The highest BCUT2D eigenvalue weighted by molar-refractivity contribution is 6.14. The van der Waals surface area contributed by atoms with Crippen LogP contribution >= 0.6 is 0 Å². The number of benzene rings is 10. The van der Waals surface area contributed by atoms with E-state index in [1.807, 2.05) is 0 Å². The van der Waals surface area contributed by atoms with Crippen molar-refractivity contribution in [2.45, 2.75) is 5.41 Å². The van der Waals surface area contributed by atoms with Gasteiger partial charge in [-0.15, -0.1) is 0 Å². The monoisotopic (exact) mass is 777 g/mol. The van der Waals surface area contributed by atoms with Gasteiger partial charge in [0.1, 0.15) is 11.2 Å². The van der Waals surface area contributed by atoms with E-state index in [-0.39, 0.29) is 0 Å². The predicted molar refractivity (Wildman–Crippen MR) is 254 cm³/mol. The average molecular weight is 778 g/mol. The zero-order valence-corrected chi connectivity index (χ0v) is 33.4. The fourth-order valence-corrected chi connectivity index (χ4v) is 10.1. The van der Waals surface area contributed by atoms with E-state index in [0.29, 0.717) is 0 Å². The van der Waals surface area contributed by atoms with Crippen LogP contribution in [0, 0.1) is 0 Å². The fraction of sp³-hybridized carbons (Fsp3) is 0.0169. The van der Waals surface area contributed by atoms with E-state index in [2.05, 4.69) is 241 Å². The lowest BCUT2D eigenvalue weighted by Crippen LogP contribution is -2.28. The second-order valence-corrected chi connectivity index (χ2v) is 16.0. The van der Waals surface area contributed by atoms with Crippen molar-refractivity contribution in [3.05, 3.63) is 259 Å². The molecule has 1 atom stereocenters. The lowest BCUT2D eigenvalue weighted by molar-refractivity contribution is 0.666. The minimum Gasteiger partial charge on any atom is -0.456 e. The summed E-state index contributed by atoms with van der Waals surface area (Å²) in [6, 6.07) is 85.8. The highest BCUT2D eigenvalue weighted by atomic mass is 16.3. The molecule has 1 aliphatic rings. The zero-order valence-electron chi connectivity index (χ0n) is 33.4. The van der Waals surface area contributed by atoms with Crippen LogP contribution in [0.5, 0.6) is 0 Å². The van der Waals surface area contributed by atoms with Gasteiger partial charge in [-0.1, -0.05) is 194 Å². The second-order valence-electron chi connectivity index (χ2n) is 16.0. The van der Waals surface area contributed by atoms with Crippen LogP contribution in [0.1, 0.15) is 22.3 Å². The number of hydrogen-bond donors (Lipinski definition) is 0. The summed E-state index contributed by atoms with van der Waals surface area (Å²) in [5.74, 6) is 0. The Hall–Kier alpha value is -7.94. The Morgan fingerprint density at radius 2 is 1.02 bits per heavy atom. The highest BCUT2D eigenvalue weighted by Crippen LogP contribution is 2.58. The minimum absolute atomic E-state index is 0.575. The van der Waals surface area contributed by atoms with Gasteiger partial charge in [-0.25, -0.2) is 0 Å². The molecule has 0 saturated carbocycles. The van der Waals surface area contributed by atoms with Crippen molar-refractivity contribution in [1.82, 2.24) is 0 Å². The quantitative estimate of drug-likeness (QED) is 0.160. The molecule has 2 nitrogen and oxygen atoms in total. The molecule has 286 valence electrons. The first-order valence-corrected chi connectivity index (χ1v) is 21.0. The smallest absolute Gasteiger partial charge is 0.137 e. The Balaban J connectivity index is 1.09. The largest absolute Gasteiger partial charge is 0.456 e. The van der Waals surface area contributed by atoms with Crippen LogP contribution in [0.25, 0.3) is 66.1 Å². The molecule has 0 N–H and O–H groups in total. The molecular weight excluding hydrogens is 739 g/mol. The van der Waals surface area contributed by atoms with Crippen LogP contribution in [0.2, 0.25) is 0 Å². The Morgan fingerprint density at radius 1 is 0.361 bits per heavy atom. The van der Waals surface area contributed by atoms with Crippen molar-refractivity contribution >= 4 is 49.8 Å². The van der Waals surface area contributed by atoms with Gasteiger partial charge in [0.15, 0.2) is 0 Å². The van der Waals surface area contributed by atoms with E-state index in [0.717, 1.165) is 44.6 Å². The number of rotatable bonds is 7. The van der Waals surface area contributed by atoms with Crippen LogP contribution in [0.15, 0.2) is 241 Å². The molecule has 1 heterocycles. The van der Waals surface area contributed by atoms with Gasteiger partial charge in [0, 0.05) is 16.8 Å². The summed E-state index contributed by atoms with van der Waals surface area (Å²) in [4.78, 5) is 2.38. The molecule has 10 aromatic carbocycles. The molecule has 61 heavy (non-hydrogen) atoms. The highest BCUT2D eigenvalue weighted by Gasteiger charge is 2.47. The summed E-state index contributed by atoms with van der Waals surface area (Å²) in [6.07, 6.45) is 0. The molecule has 2 heteroatoms. The van der Waals surface area contributed by atoms with Gasteiger partial charge < -0.3 is 9.32 Å². The van der Waals surface area contributed by atoms with Crippen molar-refractivity contribution in [2.24, 2.45) is 0 Å². The molecule has 11 aromatic rings. The summed E-state index contributed by atoms with van der Waals surface area (Å²) in [6.45, 7) is 0. The molecule has 1 aliphatic carbocycles. The van der Waals surface area contributed by atoms with Gasteiger partial charge in [0.2, 0.25) is 0 Å². The van der Waals surface area contributed by atoms with Gasteiger partial charge in [0.05, 0.1) is 16.5 Å². The predicted octanol–water partition coefficient (Wildman–Crippen LogP) is 15.9. The van der Waals surface area contributed by atoms with Gasteiger partial charge in [0.25, 0.3) is 0 Å². The van der Waals surface area contributed by atoms with E-state index < -0.39 is 5.41 Å². The molecule has 0 spiro atoms. The third-order valence-corrected chi connectivity index (χ3v) is 12.7. The van der Waals surface area contributed by atoms with Crippen LogP contribution in [-0.2, 0) is 5.41 Å². The first-order chi connectivity index (χ1) is 30.3. The maximum Gasteiger partial charge on any atom is 0.137 e. The van der Waals surface area contributed by atoms with Crippen molar-refractivity contribution in [3.8, 4) is 33.4 Å². The number of anilines is 3. The normalized spacial score (nSPS) is 14.3. The summed E-state index contributed by atoms with van der Waals surface area (Å²) in [5, 5.41) is 4.65. The molecule has 0 radical (unpaired) electrons. The summed E-state index contributed by atoms with van der Waals surface area (Å²) in [7, 11) is 0. The van der Waals surface area contributed by atoms with Crippen molar-refractivity contribution in [3.63, 3.8) is 0 Å². The molecule has 12 rings (SSSR count). The van der Waals surface area contributed by atoms with Crippen molar-refractivity contribution < 1.29 is 4.42 Å². The Kier molecular flexibility index (Phi) is 8.11. The average Bonchev–Trinajstić information content (AvgIpc) is 3.87. The number of furan rings is 1. The second kappa shape index (κ2) is 14.1. The molecule has 1 unspecified atom stereocenters. The molecule has 0 saturated heterocycles. The van der Waals surface area contributed by atoms with Crippen LogP contribution in [-0.4, -0.2) is 0 Å². The Morgan fingerprint density at radius 3 is 1.82 bits per heavy atom. The van der Waals surface area contributed by atoms with E-state index in [1.54, 1.807) is 0 Å². The Labute approximate surface area is 355 Å². The summed E-state index contributed by atoms with van der Waals surface area (Å²) < 4.78 is 7.00. The SMILES string of the molecule is c1ccc(-c2ccc(N(c3cccc(-c4ccccc4)c3)c3cccc4oc5cc(C6(c7ccccc7)c7ccccc7-c7ccc8ccccc8c76)ccc5c34)cc2)cc1. The van der Waals surface area contributed by atoms with Gasteiger partial charge in [-0.05, 0) is 109 Å². The van der Waals surface area contributed by atoms with Gasteiger partial charge in [-0.3, -0.25) is 0 Å². The third kappa shape index (κ3) is 5.50. The summed E-state index contributed by atoms with van der Waals surface area (Å²) >= 11 is 0. The number of fused-ring (bicyclic) bond motifs is 8. The molecular formula is C59H39NO. The minimum atomic E-state index is -0.575.